The van der Waals surface area contributed by atoms with Crippen molar-refractivity contribution in [3.63, 3.8) is 0 Å². The van der Waals surface area contributed by atoms with E-state index in [1.54, 1.807) is 6.07 Å². The first-order chi connectivity index (χ1) is 7.90. The van der Waals surface area contributed by atoms with Gasteiger partial charge in [-0.25, -0.2) is 4.79 Å². The number of carbonyl (C=O) groups is 2. The summed E-state index contributed by atoms with van der Waals surface area (Å²) in [7, 11) is 0. The minimum Gasteiger partial charge on any atom is -0.478 e. The second-order valence-electron chi connectivity index (χ2n) is 3.60. The molecule has 0 fully saturated rings. The van der Waals surface area contributed by atoms with Gasteiger partial charge in [-0.05, 0) is 47.5 Å². The quantitative estimate of drug-likeness (QED) is 0.843. The molecule has 0 heterocycles. The Bertz CT molecular complexity index is 495. The Labute approximate surface area is 107 Å². The van der Waals surface area contributed by atoms with Gasteiger partial charge in [0.25, 0.3) is 5.91 Å². The average molecular weight is 298 g/mol. The van der Waals surface area contributed by atoms with Crippen molar-refractivity contribution in [1.29, 1.82) is 0 Å². The fourth-order valence-corrected chi connectivity index (χ4v) is 1.79. The van der Waals surface area contributed by atoms with Gasteiger partial charge in [0, 0.05) is 16.1 Å². The van der Waals surface area contributed by atoms with Crippen molar-refractivity contribution in [2.75, 3.05) is 5.32 Å². The van der Waals surface area contributed by atoms with Crippen molar-refractivity contribution in [3.05, 3.63) is 39.9 Å². The first-order valence-electron chi connectivity index (χ1n) is 4.89. The molecule has 0 unspecified atom stereocenters. The van der Waals surface area contributed by atoms with Gasteiger partial charge in [-0.2, -0.15) is 0 Å². The van der Waals surface area contributed by atoms with Gasteiger partial charge in [0.05, 0.1) is 5.69 Å². The first kappa shape index (κ1) is 13.4. The van der Waals surface area contributed by atoms with Crippen molar-refractivity contribution >= 4 is 33.5 Å². The van der Waals surface area contributed by atoms with E-state index in [4.69, 9.17) is 5.11 Å². The number of aryl methyl sites for hydroxylation is 1. The van der Waals surface area contributed by atoms with Crippen LogP contribution in [0.5, 0.6) is 0 Å². The van der Waals surface area contributed by atoms with Crippen molar-refractivity contribution in [2.24, 2.45) is 0 Å². The molecule has 0 aliphatic carbocycles. The monoisotopic (exact) mass is 297 g/mol. The van der Waals surface area contributed by atoms with Crippen LogP contribution in [0.15, 0.2) is 34.3 Å². The highest BCUT2D eigenvalue weighted by Gasteiger charge is 2.08. The third kappa shape index (κ3) is 4.03. The lowest BCUT2D eigenvalue weighted by Gasteiger charge is -2.07. The predicted molar refractivity (Wildman–Crippen MR) is 68.9 cm³/mol. The number of hydrogen-bond donors (Lipinski definition) is 2. The second kappa shape index (κ2) is 5.63. The molecule has 90 valence electrons. The number of amides is 1. The Balaban J connectivity index is 2.85. The van der Waals surface area contributed by atoms with E-state index in [1.165, 1.54) is 6.92 Å². The SMILES string of the molecule is C/C(=C\C(=O)O)C(=O)Nc1ccc(C)cc1Br. The van der Waals surface area contributed by atoms with Crippen LogP contribution in [-0.2, 0) is 9.59 Å². The van der Waals surface area contributed by atoms with Crippen LogP contribution in [0.3, 0.4) is 0 Å². The van der Waals surface area contributed by atoms with Crippen molar-refractivity contribution in [1.82, 2.24) is 0 Å². The molecule has 1 amide bonds. The topological polar surface area (TPSA) is 66.4 Å². The number of anilines is 1. The van der Waals surface area contributed by atoms with Gasteiger partial charge in [-0.15, -0.1) is 0 Å². The maximum atomic E-state index is 11.6. The highest BCUT2D eigenvalue weighted by Crippen LogP contribution is 2.23. The van der Waals surface area contributed by atoms with E-state index >= 15 is 0 Å². The molecule has 0 spiro atoms. The predicted octanol–water partition coefficient (Wildman–Crippen LogP) is 2.73. The second-order valence-corrected chi connectivity index (χ2v) is 4.46. The molecule has 1 aromatic carbocycles. The summed E-state index contributed by atoms with van der Waals surface area (Å²) in [4.78, 5) is 22.0. The van der Waals surface area contributed by atoms with Crippen LogP contribution in [0.4, 0.5) is 5.69 Å². The van der Waals surface area contributed by atoms with Crippen molar-refractivity contribution in [3.8, 4) is 0 Å². The van der Waals surface area contributed by atoms with Gasteiger partial charge in [-0.1, -0.05) is 6.07 Å². The first-order valence-corrected chi connectivity index (χ1v) is 5.68. The van der Waals surface area contributed by atoms with E-state index in [0.29, 0.717) is 5.69 Å². The van der Waals surface area contributed by atoms with Crippen LogP contribution in [0.1, 0.15) is 12.5 Å². The molecular formula is C12H12BrNO3. The lowest BCUT2D eigenvalue weighted by atomic mass is 10.2. The number of rotatable bonds is 3. The Morgan fingerprint density at radius 1 is 1.41 bits per heavy atom. The number of benzene rings is 1. The summed E-state index contributed by atoms with van der Waals surface area (Å²) < 4.78 is 0.758. The van der Waals surface area contributed by atoms with Gasteiger partial charge in [0.15, 0.2) is 0 Å². The molecule has 0 aliphatic rings. The van der Waals surface area contributed by atoms with Crippen molar-refractivity contribution < 1.29 is 14.7 Å². The smallest absolute Gasteiger partial charge is 0.328 e. The van der Waals surface area contributed by atoms with Crippen LogP contribution >= 0.6 is 15.9 Å². The van der Waals surface area contributed by atoms with E-state index in [-0.39, 0.29) is 5.57 Å². The van der Waals surface area contributed by atoms with Gasteiger partial charge < -0.3 is 10.4 Å². The Hall–Kier alpha value is -1.62. The summed E-state index contributed by atoms with van der Waals surface area (Å²) in [6.45, 7) is 3.39. The molecule has 0 atom stereocenters. The number of carboxylic acids is 1. The average Bonchev–Trinajstić information content (AvgIpc) is 2.21. The maximum Gasteiger partial charge on any atom is 0.328 e. The van der Waals surface area contributed by atoms with Gasteiger partial charge >= 0.3 is 5.97 Å². The van der Waals surface area contributed by atoms with E-state index in [1.807, 2.05) is 19.1 Å². The molecule has 0 radical (unpaired) electrons. The summed E-state index contributed by atoms with van der Waals surface area (Å²) in [6.07, 6.45) is 0.872. The number of aliphatic carboxylic acids is 1. The van der Waals surface area contributed by atoms with Crippen LogP contribution in [0.2, 0.25) is 0 Å². The number of halogens is 1. The number of nitrogens with one attached hydrogen (secondary N) is 1. The van der Waals surface area contributed by atoms with E-state index in [2.05, 4.69) is 21.2 Å². The maximum absolute atomic E-state index is 11.6. The third-order valence-electron chi connectivity index (χ3n) is 2.07. The molecule has 2 N–H and O–H groups in total. The molecule has 0 saturated carbocycles. The molecule has 0 aromatic heterocycles. The molecular weight excluding hydrogens is 286 g/mol. The Kier molecular flexibility index (Phi) is 4.45. The summed E-state index contributed by atoms with van der Waals surface area (Å²) in [6, 6.07) is 5.48. The molecule has 0 aliphatic heterocycles. The summed E-state index contributed by atoms with van der Waals surface area (Å²) in [5.41, 5.74) is 1.82. The fourth-order valence-electron chi connectivity index (χ4n) is 1.19. The van der Waals surface area contributed by atoms with Crippen LogP contribution < -0.4 is 5.32 Å². The minimum atomic E-state index is -1.14. The number of hydrogen-bond acceptors (Lipinski definition) is 2. The molecule has 4 nitrogen and oxygen atoms in total. The van der Waals surface area contributed by atoms with Crippen molar-refractivity contribution in [2.45, 2.75) is 13.8 Å². The van der Waals surface area contributed by atoms with E-state index < -0.39 is 11.9 Å². The largest absolute Gasteiger partial charge is 0.478 e. The highest BCUT2D eigenvalue weighted by molar-refractivity contribution is 9.10. The Morgan fingerprint density at radius 3 is 2.59 bits per heavy atom. The Morgan fingerprint density at radius 2 is 2.06 bits per heavy atom. The zero-order valence-electron chi connectivity index (χ0n) is 9.45. The fraction of sp³-hybridized carbons (Fsp3) is 0.167. The minimum absolute atomic E-state index is 0.143. The summed E-state index contributed by atoms with van der Waals surface area (Å²) in [5.74, 6) is -1.57. The van der Waals surface area contributed by atoms with E-state index in [9.17, 15) is 9.59 Å². The number of carboxylic acid groups (broad SMARTS) is 1. The zero-order chi connectivity index (χ0) is 13.0. The molecule has 0 bridgehead atoms. The van der Waals surface area contributed by atoms with Crippen LogP contribution in [0, 0.1) is 6.92 Å². The zero-order valence-corrected chi connectivity index (χ0v) is 11.0. The lowest BCUT2D eigenvalue weighted by Crippen LogP contribution is -2.14. The lowest BCUT2D eigenvalue weighted by molar-refractivity contribution is -0.131. The van der Waals surface area contributed by atoms with Crippen LogP contribution in [0.25, 0.3) is 0 Å². The molecule has 1 rings (SSSR count). The van der Waals surface area contributed by atoms with Crippen LogP contribution in [-0.4, -0.2) is 17.0 Å². The van der Waals surface area contributed by atoms with Gasteiger partial charge in [0.2, 0.25) is 0 Å². The van der Waals surface area contributed by atoms with Gasteiger partial charge in [0.1, 0.15) is 0 Å². The standard InChI is InChI=1S/C12H12BrNO3/c1-7-3-4-10(9(13)5-7)14-12(17)8(2)6-11(15)16/h3-6H,1-2H3,(H,14,17)(H,15,16)/b8-6+. The number of carbonyl (C=O) groups excluding carboxylic acids is 1. The highest BCUT2D eigenvalue weighted by atomic mass is 79.9. The third-order valence-corrected chi connectivity index (χ3v) is 2.73. The molecule has 0 saturated heterocycles. The summed E-state index contributed by atoms with van der Waals surface area (Å²) in [5, 5.41) is 11.1. The molecule has 5 heteroatoms. The summed E-state index contributed by atoms with van der Waals surface area (Å²) >= 11 is 3.33. The molecule has 17 heavy (non-hydrogen) atoms. The normalized spacial score (nSPS) is 11.1. The van der Waals surface area contributed by atoms with E-state index in [0.717, 1.165) is 16.1 Å². The molecule has 1 aromatic rings. The van der Waals surface area contributed by atoms with Gasteiger partial charge in [-0.3, -0.25) is 4.79 Å².